The van der Waals surface area contributed by atoms with Crippen LogP contribution in [0.3, 0.4) is 0 Å². The number of carbonyl (C=O) groups is 1. The molecule has 2 aromatic heterocycles. The summed E-state index contributed by atoms with van der Waals surface area (Å²) in [4.78, 5) is 28.2. The number of nitrogens with zero attached hydrogens (tertiary/aromatic N) is 3. The number of hydrogen-bond acceptors (Lipinski definition) is 3. The van der Waals surface area contributed by atoms with E-state index in [9.17, 15) is 4.79 Å². The van der Waals surface area contributed by atoms with Crippen molar-refractivity contribution < 1.29 is 4.79 Å². The lowest BCUT2D eigenvalue weighted by molar-refractivity contribution is 0.0706. The van der Waals surface area contributed by atoms with Gasteiger partial charge in [0.05, 0.1) is 5.69 Å². The van der Waals surface area contributed by atoms with Gasteiger partial charge in [-0.25, -0.2) is 9.97 Å². The molecule has 1 fully saturated rings. The molecule has 2 aromatic carbocycles. The van der Waals surface area contributed by atoms with Crippen LogP contribution in [0.4, 0.5) is 0 Å². The Bertz CT molecular complexity index is 1350. The lowest BCUT2D eigenvalue weighted by Gasteiger charge is -2.33. The van der Waals surface area contributed by atoms with Gasteiger partial charge in [0.2, 0.25) is 0 Å². The van der Waals surface area contributed by atoms with Crippen molar-refractivity contribution >= 4 is 16.8 Å². The Hall–Kier alpha value is -3.47. The van der Waals surface area contributed by atoms with Crippen molar-refractivity contribution in [3.63, 3.8) is 0 Å². The molecule has 1 N–H and O–H groups in total. The number of fused-ring (bicyclic) bond motifs is 1. The monoisotopic (exact) mass is 438 g/mol. The fourth-order valence-electron chi connectivity index (χ4n) is 5.00. The lowest BCUT2D eigenvalue weighted by Crippen LogP contribution is -2.39. The van der Waals surface area contributed by atoms with Gasteiger partial charge in [-0.2, -0.15) is 0 Å². The van der Waals surface area contributed by atoms with E-state index in [1.807, 2.05) is 36.2 Å². The Morgan fingerprint density at radius 3 is 2.76 bits per heavy atom. The van der Waals surface area contributed by atoms with Gasteiger partial charge in [0.15, 0.2) is 0 Å². The van der Waals surface area contributed by atoms with Gasteiger partial charge in [0.1, 0.15) is 5.82 Å². The minimum Gasteiger partial charge on any atom is -0.358 e. The van der Waals surface area contributed by atoms with Crippen LogP contribution in [0, 0.1) is 27.7 Å². The lowest BCUT2D eigenvalue weighted by atomic mass is 9.89. The number of aromatic nitrogens is 3. The molecule has 168 valence electrons. The molecule has 1 aliphatic rings. The van der Waals surface area contributed by atoms with Crippen molar-refractivity contribution in [2.75, 3.05) is 13.1 Å². The van der Waals surface area contributed by atoms with Crippen LogP contribution < -0.4 is 0 Å². The summed E-state index contributed by atoms with van der Waals surface area (Å²) in [6, 6.07) is 14.5. The van der Waals surface area contributed by atoms with E-state index in [0.29, 0.717) is 6.54 Å². The maximum Gasteiger partial charge on any atom is 0.253 e. The molecule has 33 heavy (non-hydrogen) atoms. The highest BCUT2D eigenvalue weighted by molar-refractivity contribution is 5.99. The van der Waals surface area contributed by atoms with Crippen LogP contribution >= 0.6 is 0 Å². The maximum atomic E-state index is 13.5. The van der Waals surface area contributed by atoms with Gasteiger partial charge >= 0.3 is 0 Å². The average molecular weight is 439 g/mol. The number of amides is 1. The van der Waals surface area contributed by atoms with E-state index in [1.54, 1.807) is 0 Å². The molecule has 1 saturated heterocycles. The summed E-state index contributed by atoms with van der Waals surface area (Å²) in [7, 11) is 0. The van der Waals surface area contributed by atoms with Crippen LogP contribution in [-0.2, 0) is 0 Å². The average Bonchev–Trinajstić information content (AvgIpc) is 3.11. The number of likely N-dealkylation sites (tertiary alicyclic amines) is 1. The minimum atomic E-state index is 0.0998. The fourth-order valence-corrected chi connectivity index (χ4v) is 5.00. The number of aromatic amines is 1. The maximum absolute atomic E-state index is 13.5. The standard InChI is InChI=1S/C28H30N4O/c1-17-7-5-8-21(13-17)25-15-29-20(4)31-27(25)23-9-6-12-32(16-23)28(33)22-10-11-26-24(14-22)18(2)19(3)30-26/h5,7-8,10-11,13-15,23,30H,6,9,12,16H2,1-4H3/t23-/m0/s1. The van der Waals surface area contributed by atoms with Gasteiger partial charge in [-0.3, -0.25) is 4.79 Å². The van der Waals surface area contributed by atoms with Crippen LogP contribution in [0.2, 0.25) is 0 Å². The van der Waals surface area contributed by atoms with Gasteiger partial charge in [0, 0.05) is 52.9 Å². The molecule has 4 aromatic rings. The van der Waals surface area contributed by atoms with Gasteiger partial charge in [0.25, 0.3) is 5.91 Å². The van der Waals surface area contributed by atoms with E-state index in [0.717, 1.165) is 64.2 Å². The number of piperidine rings is 1. The highest BCUT2D eigenvalue weighted by Crippen LogP contribution is 2.34. The minimum absolute atomic E-state index is 0.0998. The van der Waals surface area contributed by atoms with Crippen LogP contribution in [0.25, 0.3) is 22.0 Å². The Labute approximate surface area is 194 Å². The molecule has 1 aliphatic heterocycles. The van der Waals surface area contributed by atoms with Gasteiger partial charge in [-0.15, -0.1) is 0 Å². The predicted molar refractivity (Wildman–Crippen MR) is 133 cm³/mol. The van der Waals surface area contributed by atoms with Crippen LogP contribution in [0.15, 0.2) is 48.7 Å². The number of H-pyrrole nitrogens is 1. The smallest absolute Gasteiger partial charge is 0.253 e. The summed E-state index contributed by atoms with van der Waals surface area (Å²) < 4.78 is 0. The van der Waals surface area contributed by atoms with Gasteiger partial charge < -0.3 is 9.88 Å². The topological polar surface area (TPSA) is 61.9 Å². The SMILES string of the molecule is Cc1cccc(-c2cnc(C)nc2[C@H]2CCCN(C(=O)c3ccc4[nH]c(C)c(C)c4c3)C2)c1. The largest absolute Gasteiger partial charge is 0.358 e. The summed E-state index contributed by atoms with van der Waals surface area (Å²) in [6.45, 7) is 9.67. The molecular formula is C28H30N4O. The Morgan fingerprint density at radius 1 is 1.09 bits per heavy atom. The Morgan fingerprint density at radius 2 is 1.94 bits per heavy atom. The molecule has 0 saturated carbocycles. The molecule has 5 nitrogen and oxygen atoms in total. The third kappa shape index (κ3) is 4.04. The van der Waals surface area contributed by atoms with Crippen molar-refractivity contribution in [1.82, 2.24) is 19.9 Å². The van der Waals surface area contributed by atoms with Gasteiger partial charge in [-0.05, 0) is 69.9 Å². The van der Waals surface area contributed by atoms with Crippen molar-refractivity contribution in [2.24, 2.45) is 0 Å². The molecule has 5 rings (SSSR count). The molecule has 0 radical (unpaired) electrons. The first-order chi connectivity index (χ1) is 15.9. The molecule has 1 atom stereocenters. The van der Waals surface area contributed by atoms with Crippen LogP contribution in [0.5, 0.6) is 0 Å². The third-order valence-corrected chi connectivity index (χ3v) is 6.92. The third-order valence-electron chi connectivity index (χ3n) is 6.92. The number of aryl methyl sites for hydroxylation is 4. The summed E-state index contributed by atoms with van der Waals surface area (Å²) in [6.07, 6.45) is 3.93. The molecule has 0 bridgehead atoms. The summed E-state index contributed by atoms with van der Waals surface area (Å²) in [5, 5.41) is 1.13. The summed E-state index contributed by atoms with van der Waals surface area (Å²) in [5.41, 5.74) is 8.66. The summed E-state index contributed by atoms with van der Waals surface area (Å²) in [5.74, 6) is 1.07. The molecule has 3 heterocycles. The number of carbonyl (C=O) groups excluding carboxylic acids is 1. The molecular weight excluding hydrogens is 408 g/mol. The molecule has 5 heteroatoms. The number of hydrogen-bond donors (Lipinski definition) is 1. The van der Waals surface area contributed by atoms with E-state index in [2.05, 4.69) is 55.0 Å². The molecule has 1 amide bonds. The zero-order valence-electron chi connectivity index (χ0n) is 19.8. The quantitative estimate of drug-likeness (QED) is 0.435. The first kappa shape index (κ1) is 21.4. The normalized spacial score (nSPS) is 16.4. The fraction of sp³-hybridized carbons (Fsp3) is 0.321. The molecule has 0 aliphatic carbocycles. The highest BCUT2D eigenvalue weighted by Gasteiger charge is 2.28. The highest BCUT2D eigenvalue weighted by atomic mass is 16.2. The van der Waals surface area contributed by atoms with Crippen molar-refractivity contribution in [3.8, 4) is 11.1 Å². The van der Waals surface area contributed by atoms with Crippen molar-refractivity contribution in [1.29, 1.82) is 0 Å². The molecule has 0 unspecified atom stereocenters. The van der Waals surface area contributed by atoms with E-state index in [-0.39, 0.29) is 11.8 Å². The van der Waals surface area contributed by atoms with Crippen LogP contribution in [-0.4, -0.2) is 38.8 Å². The molecule has 0 spiro atoms. The first-order valence-electron chi connectivity index (χ1n) is 11.7. The zero-order chi connectivity index (χ0) is 23.1. The Balaban J connectivity index is 1.45. The van der Waals surface area contributed by atoms with E-state index >= 15 is 0 Å². The number of rotatable bonds is 3. The van der Waals surface area contributed by atoms with Crippen molar-refractivity contribution in [2.45, 2.75) is 46.5 Å². The first-order valence-corrected chi connectivity index (χ1v) is 11.7. The zero-order valence-corrected chi connectivity index (χ0v) is 19.8. The Kier molecular flexibility index (Phi) is 5.49. The van der Waals surface area contributed by atoms with E-state index in [4.69, 9.17) is 4.98 Å². The van der Waals surface area contributed by atoms with Crippen molar-refractivity contribution in [3.05, 3.63) is 82.6 Å². The second kappa shape index (κ2) is 8.47. The predicted octanol–water partition coefficient (Wildman–Crippen LogP) is 5.88. The second-order valence-electron chi connectivity index (χ2n) is 9.31. The summed E-state index contributed by atoms with van der Waals surface area (Å²) >= 11 is 0. The van der Waals surface area contributed by atoms with Crippen LogP contribution in [0.1, 0.15) is 57.5 Å². The van der Waals surface area contributed by atoms with E-state index < -0.39 is 0 Å². The van der Waals surface area contributed by atoms with Gasteiger partial charge in [-0.1, -0.05) is 29.8 Å². The second-order valence-corrected chi connectivity index (χ2v) is 9.31. The van der Waals surface area contributed by atoms with E-state index in [1.165, 1.54) is 11.1 Å². The number of nitrogens with one attached hydrogen (secondary N) is 1. The number of benzene rings is 2.